The molecule has 5 nitrogen and oxygen atoms in total. The number of amides is 2. The number of esters is 1. The van der Waals surface area contributed by atoms with Gasteiger partial charge in [-0.05, 0) is 30.2 Å². The van der Waals surface area contributed by atoms with E-state index in [0.717, 1.165) is 23.5 Å². The van der Waals surface area contributed by atoms with Crippen molar-refractivity contribution in [1.82, 2.24) is 10.6 Å². The van der Waals surface area contributed by atoms with E-state index in [1.807, 2.05) is 24.3 Å². The Balaban J connectivity index is 2.21. The van der Waals surface area contributed by atoms with Crippen molar-refractivity contribution in [1.29, 1.82) is 0 Å². The van der Waals surface area contributed by atoms with Crippen molar-refractivity contribution in [3.8, 4) is 0 Å². The number of hydrogen-bond donors (Lipinski definition) is 2. The Hall–Kier alpha value is -1.95. The first-order valence-corrected chi connectivity index (χ1v) is 9.34. The van der Waals surface area contributed by atoms with Gasteiger partial charge in [0.1, 0.15) is 6.61 Å². The third-order valence-electron chi connectivity index (χ3n) is 3.88. The molecular formula is C18H24N2O3S. The molecule has 1 aliphatic heterocycles. The van der Waals surface area contributed by atoms with Crippen molar-refractivity contribution >= 4 is 23.8 Å². The van der Waals surface area contributed by atoms with Gasteiger partial charge in [0.15, 0.2) is 0 Å². The zero-order chi connectivity index (χ0) is 17.5. The molecule has 1 aliphatic rings. The Morgan fingerprint density at radius 1 is 1.25 bits per heavy atom. The van der Waals surface area contributed by atoms with Crippen molar-refractivity contribution in [2.45, 2.75) is 33.2 Å². The number of hydrogen-bond acceptors (Lipinski definition) is 4. The summed E-state index contributed by atoms with van der Waals surface area (Å²) in [6.07, 6.45) is 0.942. The number of thioether (sulfide) groups is 1. The molecule has 1 unspecified atom stereocenters. The first-order valence-electron chi connectivity index (χ1n) is 8.18. The van der Waals surface area contributed by atoms with Crippen molar-refractivity contribution < 1.29 is 14.3 Å². The highest BCUT2D eigenvalue weighted by molar-refractivity contribution is 7.99. The fourth-order valence-corrected chi connectivity index (χ4v) is 3.07. The molecule has 0 aromatic heterocycles. The zero-order valence-corrected chi connectivity index (χ0v) is 15.2. The van der Waals surface area contributed by atoms with Gasteiger partial charge >= 0.3 is 12.0 Å². The van der Waals surface area contributed by atoms with E-state index in [9.17, 15) is 9.59 Å². The molecular weight excluding hydrogens is 324 g/mol. The van der Waals surface area contributed by atoms with E-state index in [1.165, 1.54) is 5.56 Å². The highest BCUT2D eigenvalue weighted by Gasteiger charge is 2.32. The summed E-state index contributed by atoms with van der Waals surface area (Å²) in [6.45, 7) is 6.24. The molecule has 0 saturated carbocycles. The molecule has 0 aliphatic carbocycles. The lowest BCUT2D eigenvalue weighted by atomic mass is 9.94. The van der Waals surface area contributed by atoms with Crippen molar-refractivity contribution in [3.63, 3.8) is 0 Å². The number of allylic oxidation sites excluding steroid dienone is 1. The molecule has 0 saturated heterocycles. The van der Waals surface area contributed by atoms with Crippen molar-refractivity contribution in [3.05, 3.63) is 46.7 Å². The largest absolute Gasteiger partial charge is 0.461 e. The van der Waals surface area contributed by atoms with Crippen LogP contribution in [-0.4, -0.2) is 30.1 Å². The van der Waals surface area contributed by atoms with Crippen LogP contribution in [-0.2, 0) is 16.0 Å². The van der Waals surface area contributed by atoms with Gasteiger partial charge in [-0.15, -0.1) is 0 Å². The number of rotatable bonds is 7. The maximum absolute atomic E-state index is 12.5. The molecule has 6 heteroatoms. The van der Waals surface area contributed by atoms with Crippen LogP contribution in [0.25, 0.3) is 0 Å². The molecule has 24 heavy (non-hydrogen) atoms. The number of nitrogens with one attached hydrogen (secondary N) is 2. The molecule has 2 rings (SSSR count). The standard InChI is InChI=1S/C18H24N2O3S/c1-4-13-6-8-14(9-7-13)16-15(12(3)19-18(22)20-16)17(21)23-10-11-24-5-2/h6-9,16H,4-5,10-11H2,1-3H3,(H2,19,20,22). The van der Waals surface area contributed by atoms with Crippen LogP contribution in [0.4, 0.5) is 4.79 Å². The van der Waals surface area contributed by atoms with Crippen molar-refractivity contribution in [2.75, 3.05) is 18.1 Å². The lowest BCUT2D eigenvalue weighted by Crippen LogP contribution is -2.45. The molecule has 2 N–H and O–H groups in total. The van der Waals surface area contributed by atoms with Gasteiger partial charge in [0.05, 0.1) is 11.6 Å². The topological polar surface area (TPSA) is 67.4 Å². The summed E-state index contributed by atoms with van der Waals surface area (Å²) in [7, 11) is 0. The Kier molecular flexibility index (Phi) is 6.73. The van der Waals surface area contributed by atoms with Gasteiger partial charge in [-0.25, -0.2) is 9.59 Å². The first-order chi connectivity index (χ1) is 11.6. The minimum absolute atomic E-state index is 0.310. The van der Waals surface area contributed by atoms with E-state index < -0.39 is 6.04 Å². The fraction of sp³-hybridized carbons (Fsp3) is 0.444. The third-order valence-corrected chi connectivity index (χ3v) is 4.74. The Morgan fingerprint density at radius 2 is 1.96 bits per heavy atom. The van der Waals surface area contributed by atoms with Crippen LogP contribution >= 0.6 is 11.8 Å². The number of aryl methyl sites for hydroxylation is 1. The Labute approximate surface area is 147 Å². The lowest BCUT2D eigenvalue weighted by molar-refractivity contribution is -0.138. The zero-order valence-electron chi connectivity index (χ0n) is 14.3. The normalized spacial score (nSPS) is 17.3. The molecule has 1 aromatic rings. The number of carbonyl (C=O) groups is 2. The Morgan fingerprint density at radius 3 is 2.58 bits per heavy atom. The summed E-state index contributed by atoms with van der Waals surface area (Å²) >= 11 is 1.72. The van der Waals surface area contributed by atoms with Gasteiger partial charge in [-0.2, -0.15) is 11.8 Å². The van der Waals surface area contributed by atoms with Gasteiger partial charge in [-0.3, -0.25) is 0 Å². The van der Waals surface area contributed by atoms with Gasteiger partial charge < -0.3 is 15.4 Å². The molecule has 0 fully saturated rings. The number of ether oxygens (including phenoxy) is 1. The number of benzene rings is 1. The van der Waals surface area contributed by atoms with Gasteiger partial charge in [-0.1, -0.05) is 38.1 Å². The third kappa shape index (κ3) is 4.54. The number of carbonyl (C=O) groups excluding carboxylic acids is 2. The van der Waals surface area contributed by atoms with Crippen LogP contribution in [0.15, 0.2) is 35.5 Å². The Bertz CT molecular complexity index is 626. The van der Waals surface area contributed by atoms with Gasteiger partial charge in [0, 0.05) is 11.4 Å². The van der Waals surface area contributed by atoms with Gasteiger partial charge in [0.2, 0.25) is 0 Å². The maximum Gasteiger partial charge on any atom is 0.338 e. The molecule has 1 atom stereocenters. The summed E-state index contributed by atoms with van der Waals surface area (Å²) in [6, 6.07) is 7.12. The van der Waals surface area contributed by atoms with E-state index in [-0.39, 0.29) is 12.0 Å². The number of urea groups is 1. The van der Waals surface area contributed by atoms with Crippen LogP contribution in [0.3, 0.4) is 0 Å². The van der Waals surface area contributed by atoms with E-state index in [1.54, 1.807) is 18.7 Å². The molecule has 130 valence electrons. The van der Waals surface area contributed by atoms with Crippen molar-refractivity contribution in [2.24, 2.45) is 0 Å². The van der Waals surface area contributed by atoms with E-state index in [2.05, 4.69) is 24.5 Å². The predicted octanol–water partition coefficient (Wildman–Crippen LogP) is 3.17. The van der Waals surface area contributed by atoms with Crippen LogP contribution in [0.2, 0.25) is 0 Å². The smallest absolute Gasteiger partial charge is 0.338 e. The van der Waals surface area contributed by atoms with Gasteiger partial charge in [0.25, 0.3) is 0 Å². The molecule has 1 aromatic carbocycles. The van der Waals surface area contributed by atoms with Crippen LogP contribution in [0, 0.1) is 0 Å². The molecule has 0 bridgehead atoms. The molecule has 2 amide bonds. The van der Waals surface area contributed by atoms with Crippen LogP contribution in [0.5, 0.6) is 0 Å². The summed E-state index contributed by atoms with van der Waals surface area (Å²) in [4.78, 5) is 24.3. The van der Waals surface area contributed by atoms with Crippen LogP contribution in [0.1, 0.15) is 37.9 Å². The fourth-order valence-electron chi connectivity index (χ4n) is 2.58. The van der Waals surface area contributed by atoms with E-state index >= 15 is 0 Å². The van der Waals surface area contributed by atoms with Crippen LogP contribution < -0.4 is 10.6 Å². The average Bonchev–Trinajstić information content (AvgIpc) is 2.58. The second-order valence-corrected chi connectivity index (χ2v) is 6.89. The quantitative estimate of drug-likeness (QED) is 0.587. The molecule has 1 heterocycles. The first kappa shape index (κ1) is 18.4. The maximum atomic E-state index is 12.5. The highest BCUT2D eigenvalue weighted by Crippen LogP contribution is 2.28. The minimum Gasteiger partial charge on any atom is -0.461 e. The summed E-state index contributed by atoms with van der Waals surface area (Å²) in [5.41, 5.74) is 3.08. The SMILES string of the molecule is CCSCCOC(=O)C1=C(C)NC(=O)NC1c1ccc(CC)cc1. The lowest BCUT2D eigenvalue weighted by Gasteiger charge is -2.28. The summed E-state index contributed by atoms with van der Waals surface area (Å²) in [5, 5.41) is 5.48. The predicted molar refractivity (Wildman–Crippen MR) is 96.9 cm³/mol. The molecule has 0 radical (unpaired) electrons. The molecule has 0 spiro atoms. The minimum atomic E-state index is -0.490. The second-order valence-electron chi connectivity index (χ2n) is 5.50. The summed E-state index contributed by atoms with van der Waals surface area (Å²) < 4.78 is 5.38. The second kappa shape index (κ2) is 8.78. The van der Waals surface area contributed by atoms with E-state index in [4.69, 9.17) is 4.74 Å². The van der Waals surface area contributed by atoms with E-state index in [0.29, 0.717) is 17.9 Å². The average molecular weight is 348 g/mol. The monoisotopic (exact) mass is 348 g/mol. The summed E-state index contributed by atoms with van der Waals surface area (Å²) in [5.74, 6) is 1.37. The highest BCUT2D eigenvalue weighted by atomic mass is 32.2.